The minimum atomic E-state index is -0.930. The molecule has 4 rings (SSSR count). The highest BCUT2D eigenvalue weighted by molar-refractivity contribution is 6.30. The summed E-state index contributed by atoms with van der Waals surface area (Å²) >= 11 is 6.08. The first-order valence-electron chi connectivity index (χ1n) is 10.7. The van der Waals surface area contributed by atoms with Gasteiger partial charge in [0.2, 0.25) is 5.91 Å². The van der Waals surface area contributed by atoms with E-state index in [0.717, 1.165) is 29.8 Å². The third-order valence-corrected chi connectivity index (χ3v) is 6.51. The number of carbonyl (C=O) groups is 2. The normalized spacial score (nSPS) is 22.7. The fourth-order valence-corrected chi connectivity index (χ4v) is 4.70. The summed E-state index contributed by atoms with van der Waals surface area (Å²) in [5.41, 5.74) is 3.02. The van der Waals surface area contributed by atoms with Crippen molar-refractivity contribution in [2.45, 2.75) is 63.5 Å². The zero-order valence-corrected chi connectivity index (χ0v) is 17.9. The maximum atomic E-state index is 13.5. The van der Waals surface area contributed by atoms with Gasteiger partial charge in [0.05, 0.1) is 24.2 Å². The molecule has 1 aliphatic carbocycles. The van der Waals surface area contributed by atoms with Crippen LogP contribution in [0.15, 0.2) is 42.5 Å². The molecule has 1 saturated carbocycles. The molecule has 5 nitrogen and oxygen atoms in total. The van der Waals surface area contributed by atoms with Crippen LogP contribution in [0.2, 0.25) is 5.02 Å². The van der Waals surface area contributed by atoms with E-state index < -0.39 is 11.9 Å². The molecule has 3 unspecified atom stereocenters. The molecule has 3 atom stereocenters. The molecule has 1 amide bonds. The lowest BCUT2D eigenvalue weighted by Crippen LogP contribution is -2.46. The zero-order chi connectivity index (χ0) is 21.3. The number of carboxylic acid groups (broad SMARTS) is 1. The third-order valence-electron chi connectivity index (χ3n) is 6.26. The molecule has 1 aromatic carbocycles. The van der Waals surface area contributed by atoms with Crippen molar-refractivity contribution < 1.29 is 14.7 Å². The van der Waals surface area contributed by atoms with Gasteiger partial charge in [0.15, 0.2) is 0 Å². The predicted octanol–water partition coefficient (Wildman–Crippen LogP) is 5.52. The van der Waals surface area contributed by atoms with E-state index in [1.807, 2.05) is 41.3 Å². The first kappa shape index (κ1) is 20.9. The van der Waals surface area contributed by atoms with Crippen molar-refractivity contribution in [1.29, 1.82) is 0 Å². The topological polar surface area (TPSA) is 70.5 Å². The molecule has 158 valence electrons. The number of nitrogens with zero attached hydrogens (tertiary/aromatic N) is 2. The predicted molar refractivity (Wildman–Crippen MR) is 115 cm³/mol. The van der Waals surface area contributed by atoms with Crippen LogP contribution in [-0.4, -0.2) is 26.9 Å². The van der Waals surface area contributed by atoms with E-state index in [2.05, 4.69) is 13.0 Å². The molecule has 2 heterocycles. The van der Waals surface area contributed by atoms with Crippen LogP contribution in [-0.2, 0) is 9.59 Å². The van der Waals surface area contributed by atoms with Gasteiger partial charge in [-0.15, -0.1) is 0 Å². The fraction of sp³-hybridized carbons (Fsp3) is 0.458. The van der Waals surface area contributed by atoms with Crippen molar-refractivity contribution in [2.24, 2.45) is 5.92 Å². The average molecular weight is 427 g/mol. The van der Waals surface area contributed by atoms with Crippen LogP contribution in [0.25, 0.3) is 0 Å². The summed E-state index contributed by atoms with van der Waals surface area (Å²) in [5, 5.41) is 9.96. The van der Waals surface area contributed by atoms with E-state index >= 15 is 0 Å². The highest BCUT2D eigenvalue weighted by Crippen LogP contribution is 2.43. The highest BCUT2D eigenvalue weighted by Gasteiger charge is 2.41. The summed E-state index contributed by atoms with van der Waals surface area (Å²) in [4.78, 5) is 31.7. The molecule has 1 aromatic heterocycles. The van der Waals surface area contributed by atoms with Crippen LogP contribution in [0.3, 0.4) is 0 Å². The van der Waals surface area contributed by atoms with E-state index in [0.29, 0.717) is 17.4 Å². The van der Waals surface area contributed by atoms with Crippen molar-refractivity contribution >= 4 is 23.5 Å². The Morgan fingerprint density at radius 3 is 2.53 bits per heavy atom. The molecule has 2 aromatic rings. The SMILES string of the molecule is CCC(c1cccc(C2CC2)n1)N1C(=O)C(CC(=O)O)CCC1c1ccc(Cl)cc1. The first-order valence-corrected chi connectivity index (χ1v) is 11.1. The summed E-state index contributed by atoms with van der Waals surface area (Å²) in [5.74, 6) is -0.979. The Hall–Kier alpha value is -2.40. The van der Waals surface area contributed by atoms with Crippen LogP contribution in [0, 0.1) is 5.92 Å². The first-order chi connectivity index (χ1) is 14.5. The smallest absolute Gasteiger partial charge is 0.304 e. The average Bonchev–Trinajstić information content (AvgIpc) is 3.57. The van der Waals surface area contributed by atoms with Crippen molar-refractivity contribution in [2.75, 3.05) is 0 Å². The van der Waals surface area contributed by atoms with Gasteiger partial charge in [-0.25, -0.2) is 0 Å². The maximum Gasteiger partial charge on any atom is 0.304 e. The van der Waals surface area contributed by atoms with Gasteiger partial charge in [-0.2, -0.15) is 0 Å². The van der Waals surface area contributed by atoms with Crippen molar-refractivity contribution in [3.8, 4) is 0 Å². The number of benzene rings is 1. The van der Waals surface area contributed by atoms with E-state index in [1.165, 1.54) is 12.8 Å². The number of aliphatic carboxylic acids is 1. The molecule has 0 spiro atoms. The van der Waals surface area contributed by atoms with E-state index in [9.17, 15) is 14.7 Å². The lowest BCUT2D eigenvalue weighted by molar-refractivity contribution is -0.151. The van der Waals surface area contributed by atoms with Gasteiger partial charge in [0.1, 0.15) is 0 Å². The van der Waals surface area contributed by atoms with E-state index in [-0.39, 0.29) is 24.4 Å². The second-order valence-corrected chi connectivity index (χ2v) is 8.81. The monoisotopic (exact) mass is 426 g/mol. The molecule has 0 bridgehead atoms. The maximum absolute atomic E-state index is 13.5. The second kappa shape index (κ2) is 8.76. The Kier molecular flexibility index (Phi) is 6.09. The van der Waals surface area contributed by atoms with E-state index in [4.69, 9.17) is 16.6 Å². The number of halogens is 1. The van der Waals surface area contributed by atoms with Gasteiger partial charge in [-0.1, -0.05) is 36.7 Å². The number of hydrogen-bond donors (Lipinski definition) is 1. The quantitative estimate of drug-likeness (QED) is 0.632. The molecule has 0 radical (unpaired) electrons. The molecule has 2 aliphatic rings. The number of pyridine rings is 1. The summed E-state index contributed by atoms with van der Waals surface area (Å²) < 4.78 is 0. The third kappa shape index (κ3) is 4.36. The number of carboxylic acids is 1. The lowest BCUT2D eigenvalue weighted by atomic mass is 9.84. The van der Waals surface area contributed by atoms with Crippen LogP contribution in [0.4, 0.5) is 0 Å². The molecule has 1 N–H and O–H groups in total. The number of rotatable bonds is 7. The summed E-state index contributed by atoms with van der Waals surface area (Å²) in [6, 6.07) is 13.4. The Labute approximate surface area is 182 Å². The van der Waals surface area contributed by atoms with Gasteiger partial charge in [-0.05, 0) is 61.9 Å². The molecule has 6 heteroatoms. The summed E-state index contributed by atoms with van der Waals surface area (Å²) in [6.07, 6.45) is 4.23. The largest absolute Gasteiger partial charge is 0.481 e. The van der Waals surface area contributed by atoms with Crippen LogP contribution in [0.1, 0.15) is 80.4 Å². The van der Waals surface area contributed by atoms with Crippen molar-refractivity contribution in [1.82, 2.24) is 9.88 Å². The van der Waals surface area contributed by atoms with Crippen molar-refractivity contribution in [3.05, 3.63) is 64.4 Å². The Bertz CT molecular complexity index is 926. The van der Waals surface area contributed by atoms with Gasteiger partial charge >= 0.3 is 5.97 Å². The van der Waals surface area contributed by atoms with Gasteiger partial charge in [0, 0.05) is 22.6 Å². The number of carbonyl (C=O) groups excluding carboxylic acids is 1. The van der Waals surface area contributed by atoms with Crippen LogP contribution in [0.5, 0.6) is 0 Å². The summed E-state index contributed by atoms with van der Waals surface area (Å²) in [6.45, 7) is 2.06. The number of aromatic nitrogens is 1. The van der Waals surface area contributed by atoms with Crippen LogP contribution >= 0.6 is 11.6 Å². The second-order valence-electron chi connectivity index (χ2n) is 8.37. The van der Waals surface area contributed by atoms with Gasteiger partial charge in [0.25, 0.3) is 0 Å². The summed E-state index contributed by atoms with van der Waals surface area (Å²) in [7, 11) is 0. The van der Waals surface area contributed by atoms with Gasteiger partial charge < -0.3 is 10.0 Å². The van der Waals surface area contributed by atoms with Crippen molar-refractivity contribution in [3.63, 3.8) is 0 Å². The van der Waals surface area contributed by atoms with Gasteiger partial charge in [-0.3, -0.25) is 14.6 Å². The highest BCUT2D eigenvalue weighted by atomic mass is 35.5. The molecule has 30 heavy (non-hydrogen) atoms. The Balaban J connectivity index is 1.71. The number of piperidine rings is 1. The molecule has 2 fully saturated rings. The minimum Gasteiger partial charge on any atom is -0.481 e. The molecular weight excluding hydrogens is 400 g/mol. The van der Waals surface area contributed by atoms with E-state index in [1.54, 1.807) is 0 Å². The molecule has 1 saturated heterocycles. The fourth-order valence-electron chi connectivity index (χ4n) is 4.58. The Morgan fingerprint density at radius 2 is 1.90 bits per heavy atom. The molecular formula is C24H27ClN2O3. The number of hydrogen-bond acceptors (Lipinski definition) is 3. The number of amides is 1. The Morgan fingerprint density at radius 1 is 1.17 bits per heavy atom. The standard InChI is InChI=1S/C24H27ClN2O3/c1-2-21(20-5-3-4-19(26-20)15-6-7-15)27-22(16-8-11-18(25)12-9-16)13-10-17(24(27)30)14-23(28)29/h3-5,8-9,11-12,15,17,21-22H,2,6-7,10,13-14H2,1H3,(H,28,29). The zero-order valence-electron chi connectivity index (χ0n) is 17.1. The molecule has 1 aliphatic heterocycles. The number of likely N-dealkylation sites (tertiary alicyclic amines) is 1. The minimum absolute atomic E-state index is 0.0888. The lowest BCUT2D eigenvalue weighted by Gasteiger charge is -2.43. The van der Waals surface area contributed by atoms with Crippen LogP contribution < -0.4 is 0 Å².